The Kier molecular flexibility index (Phi) is 4.70. The largest absolute Gasteiger partial charge is 0.444 e. The summed E-state index contributed by atoms with van der Waals surface area (Å²) in [5, 5.41) is 0. The summed E-state index contributed by atoms with van der Waals surface area (Å²) in [4.78, 5) is 31.4. The van der Waals surface area contributed by atoms with Crippen molar-refractivity contribution in [3.05, 3.63) is 59.4 Å². The number of carbonyl (C=O) groups excluding carboxylic acids is 2. The molecule has 4 heterocycles. The molecule has 0 aliphatic carbocycles. The standard InChI is InChI=1S/C23H24FN3O3/c1-25(23(29)30-20-14-26-11-9-15(20)10-12-26)19-4-2-3-16-13-27(22(28)21(16)19)18-7-5-17(24)6-8-18/h2-8,15,20H,9-14H2,1H3/t20-/m1/s1. The maximum absolute atomic E-state index is 13.3. The van der Waals surface area contributed by atoms with Crippen LogP contribution in [0.4, 0.5) is 20.6 Å². The Hall–Kier alpha value is -2.93. The normalized spacial score (nSPS) is 24.7. The van der Waals surface area contributed by atoms with Crippen molar-refractivity contribution >= 4 is 23.4 Å². The molecule has 2 aromatic rings. The molecule has 6 rings (SSSR count). The topological polar surface area (TPSA) is 53.1 Å². The van der Waals surface area contributed by atoms with Crippen LogP contribution in [0.2, 0.25) is 0 Å². The molecule has 0 N–H and O–H groups in total. The lowest BCUT2D eigenvalue weighted by Crippen LogP contribution is -2.52. The zero-order valence-electron chi connectivity index (χ0n) is 16.9. The van der Waals surface area contributed by atoms with Crippen LogP contribution in [-0.2, 0) is 11.3 Å². The third kappa shape index (κ3) is 3.23. The summed E-state index contributed by atoms with van der Waals surface area (Å²) < 4.78 is 19.1. The van der Waals surface area contributed by atoms with Gasteiger partial charge in [0.2, 0.25) is 0 Å². The highest BCUT2D eigenvalue weighted by Gasteiger charge is 2.38. The van der Waals surface area contributed by atoms with E-state index in [0.29, 0.717) is 29.4 Å². The quantitative estimate of drug-likeness (QED) is 0.777. The van der Waals surface area contributed by atoms with Gasteiger partial charge in [-0.2, -0.15) is 0 Å². The van der Waals surface area contributed by atoms with Crippen molar-refractivity contribution in [1.82, 2.24) is 4.90 Å². The van der Waals surface area contributed by atoms with Crippen LogP contribution in [-0.4, -0.2) is 49.7 Å². The fourth-order valence-electron chi connectivity index (χ4n) is 4.80. The van der Waals surface area contributed by atoms with Crippen LogP contribution in [0, 0.1) is 11.7 Å². The third-order valence-corrected chi connectivity index (χ3v) is 6.54. The van der Waals surface area contributed by atoms with E-state index in [9.17, 15) is 14.0 Å². The lowest BCUT2D eigenvalue weighted by atomic mass is 9.86. The monoisotopic (exact) mass is 409 g/mol. The molecule has 3 saturated heterocycles. The van der Waals surface area contributed by atoms with E-state index in [1.165, 1.54) is 17.0 Å². The summed E-state index contributed by atoms with van der Waals surface area (Å²) in [6.45, 7) is 3.33. The van der Waals surface area contributed by atoms with E-state index in [4.69, 9.17) is 4.74 Å². The number of rotatable bonds is 3. The molecule has 4 aliphatic rings. The molecule has 2 bridgehead atoms. The van der Waals surface area contributed by atoms with Gasteiger partial charge in [-0.15, -0.1) is 0 Å². The Labute approximate surface area is 174 Å². The SMILES string of the molecule is CN(C(=O)O[C@@H]1CN2CCC1CC2)c1cccc2c1C(=O)N(c1ccc(F)cc1)C2. The number of hydrogen-bond acceptors (Lipinski definition) is 4. The first-order valence-electron chi connectivity index (χ1n) is 10.4. The van der Waals surface area contributed by atoms with Crippen molar-refractivity contribution < 1.29 is 18.7 Å². The van der Waals surface area contributed by atoms with E-state index < -0.39 is 6.09 Å². The lowest BCUT2D eigenvalue weighted by Gasteiger charge is -2.44. The fraction of sp³-hybridized carbons (Fsp3) is 0.391. The van der Waals surface area contributed by atoms with Gasteiger partial charge >= 0.3 is 6.09 Å². The molecule has 7 heteroatoms. The van der Waals surface area contributed by atoms with Gasteiger partial charge in [0.25, 0.3) is 5.91 Å². The molecule has 0 spiro atoms. The third-order valence-electron chi connectivity index (χ3n) is 6.54. The average Bonchev–Trinajstić information content (AvgIpc) is 3.11. The summed E-state index contributed by atoms with van der Waals surface area (Å²) in [6, 6.07) is 11.3. The Morgan fingerprint density at radius 1 is 1.13 bits per heavy atom. The Bertz CT molecular complexity index is 986. The minimum Gasteiger partial charge on any atom is -0.444 e. The first kappa shape index (κ1) is 19.1. The number of amides is 2. The zero-order chi connectivity index (χ0) is 20.8. The number of nitrogens with zero attached hydrogens (tertiary/aromatic N) is 3. The smallest absolute Gasteiger partial charge is 0.414 e. The van der Waals surface area contributed by atoms with Gasteiger partial charge < -0.3 is 9.64 Å². The Balaban J connectivity index is 1.36. The number of anilines is 2. The number of ether oxygens (including phenoxy) is 1. The molecule has 30 heavy (non-hydrogen) atoms. The van der Waals surface area contributed by atoms with Gasteiger partial charge in [-0.1, -0.05) is 12.1 Å². The molecule has 0 aromatic heterocycles. The molecule has 156 valence electrons. The van der Waals surface area contributed by atoms with E-state index in [2.05, 4.69) is 4.90 Å². The summed E-state index contributed by atoms with van der Waals surface area (Å²) in [5.41, 5.74) is 2.49. The average molecular weight is 409 g/mol. The highest BCUT2D eigenvalue weighted by Crippen LogP contribution is 2.35. The predicted molar refractivity (Wildman–Crippen MR) is 111 cm³/mol. The number of hydrogen-bond donors (Lipinski definition) is 0. The van der Waals surface area contributed by atoms with Crippen LogP contribution in [0.25, 0.3) is 0 Å². The minimum absolute atomic E-state index is 0.0920. The molecule has 2 amide bonds. The second-order valence-corrected chi connectivity index (χ2v) is 8.30. The van der Waals surface area contributed by atoms with E-state index in [0.717, 1.165) is 38.0 Å². The lowest BCUT2D eigenvalue weighted by molar-refractivity contribution is -0.0307. The molecule has 2 aromatic carbocycles. The van der Waals surface area contributed by atoms with E-state index in [1.807, 2.05) is 12.1 Å². The first-order chi connectivity index (χ1) is 14.5. The van der Waals surface area contributed by atoms with E-state index in [-0.39, 0.29) is 17.8 Å². The second-order valence-electron chi connectivity index (χ2n) is 8.30. The van der Waals surface area contributed by atoms with Crippen LogP contribution in [0.15, 0.2) is 42.5 Å². The molecule has 1 atom stereocenters. The van der Waals surface area contributed by atoms with Gasteiger partial charge in [0, 0.05) is 19.3 Å². The summed E-state index contributed by atoms with van der Waals surface area (Å²) >= 11 is 0. The van der Waals surface area contributed by atoms with Gasteiger partial charge in [-0.25, -0.2) is 9.18 Å². The Morgan fingerprint density at radius 3 is 2.53 bits per heavy atom. The summed E-state index contributed by atoms with van der Waals surface area (Å²) in [7, 11) is 1.65. The Morgan fingerprint density at radius 2 is 1.87 bits per heavy atom. The van der Waals surface area contributed by atoms with Gasteiger partial charge in [-0.3, -0.25) is 14.6 Å². The molecule has 0 unspecified atom stereocenters. The number of fused-ring (bicyclic) bond motifs is 4. The molecule has 4 aliphatic heterocycles. The molecule has 6 nitrogen and oxygen atoms in total. The highest BCUT2D eigenvalue weighted by molar-refractivity contribution is 6.14. The summed E-state index contributed by atoms with van der Waals surface area (Å²) in [6.07, 6.45) is 1.60. The number of benzene rings is 2. The summed E-state index contributed by atoms with van der Waals surface area (Å²) in [5.74, 6) is -0.127. The van der Waals surface area contributed by atoms with E-state index >= 15 is 0 Å². The van der Waals surface area contributed by atoms with Crippen molar-refractivity contribution in [2.45, 2.75) is 25.5 Å². The molecule has 0 saturated carbocycles. The number of carbonyl (C=O) groups is 2. The van der Waals surface area contributed by atoms with Crippen molar-refractivity contribution in [1.29, 1.82) is 0 Å². The predicted octanol–water partition coefficient (Wildman–Crippen LogP) is 3.65. The zero-order valence-corrected chi connectivity index (χ0v) is 16.9. The van der Waals surface area contributed by atoms with Crippen LogP contribution in [0.5, 0.6) is 0 Å². The van der Waals surface area contributed by atoms with Crippen LogP contribution >= 0.6 is 0 Å². The number of piperidine rings is 3. The fourth-order valence-corrected chi connectivity index (χ4v) is 4.80. The second kappa shape index (κ2) is 7.40. The van der Waals surface area contributed by atoms with Gasteiger partial charge in [0.15, 0.2) is 0 Å². The first-order valence-corrected chi connectivity index (χ1v) is 10.4. The van der Waals surface area contributed by atoms with Crippen LogP contribution in [0.3, 0.4) is 0 Å². The van der Waals surface area contributed by atoms with Crippen molar-refractivity contribution in [2.24, 2.45) is 5.92 Å². The molecular formula is C23H24FN3O3. The van der Waals surface area contributed by atoms with Crippen molar-refractivity contribution in [3.63, 3.8) is 0 Å². The molecular weight excluding hydrogens is 385 g/mol. The number of halogens is 1. The van der Waals surface area contributed by atoms with Gasteiger partial charge in [0.1, 0.15) is 11.9 Å². The van der Waals surface area contributed by atoms with Gasteiger partial charge in [0.05, 0.1) is 17.8 Å². The maximum atomic E-state index is 13.3. The van der Waals surface area contributed by atoms with Crippen LogP contribution in [0.1, 0.15) is 28.8 Å². The van der Waals surface area contributed by atoms with Gasteiger partial charge in [-0.05, 0) is 67.7 Å². The van der Waals surface area contributed by atoms with E-state index in [1.54, 1.807) is 30.1 Å². The van der Waals surface area contributed by atoms with Crippen molar-refractivity contribution in [2.75, 3.05) is 36.5 Å². The maximum Gasteiger partial charge on any atom is 0.414 e. The highest BCUT2D eigenvalue weighted by atomic mass is 19.1. The van der Waals surface area contributed by atoms with Crippen molar-refractivity contribution in [3.8, 4) is 0 Å². The van der Waals surface area contributed by atoms with Crippen LogP contribution < -0.4 is 9.80 Å². The molecule has 0 radical (unpaired) electrons. The molecule has 3 fully saturated rings. The minimum atomic E-state index is -0.435.